The van der Waals surface area contributed by atoms with Crippen LogP contribution in [0.3, 0.4) is 0 Å². The minimum Gasteiger partial charge on any atom is -0.342 e. The number of nitrogens with zero attached hydrogens (tertiary/aromatic N) is 3. The van der Waals surface area contributed by atoms with Crippen LogP contribution in [0.15, 0.2) is 0 Å². The predicted molar refractivity (Wildman–Crippen MR) is 73.5 cm³/mol. The lowest BCUT2D eigenvalue weighted by Gasteiger charge is -2.38. The maximum atomic E-state index is 12.5. The quantitative estimate of drug-likeness (QED) is 0.731. The summed E-state index contributed by atoms with van der Waals surface area (Å²) in [7, 11) is 6.29. The molecule has 0 bridgehead atoms. The number of likely N-dealkylation sites (tertiary alicyclic amines) is 2. The molecule has 0 aromatic rings. The highest BCUT2D eigenvalue weighted by atomic mass is 16.2. The van der Waals surface area contributed by atoms with Gasteiger partial charge in [0.25, 0.3) is 0 Å². The van der Waals surface area contributed by atoms with Crippen molar-refractivity contribution in [3.05, 3.63) is 0 Å². The highest BCUT2D eigenvalue weighted by molar-refractivity contribution is 5.79. The van der Waals surface area contributed by atoms with Crippen LogP contribution in [-0.4, -0.2) is 74.0 Å². The molecule has 2 aliphatic rings. The number of hydrogen-bond acceptors (Lipinski definition) is 3. The van der Waals surface area contributed by atoms with Gasteiger partial charge in [-0.15, -0.1) is 0 Å². The van der Waals surface area contributed by atoms with Gasteiger partial charge in [-0.25, -0.2) is 0 Å². The van der Waals surface area contributed by atoms with Crippen molar-refractivity contribution in [1.29, 1.82) is 0 Å². The zero-order valence-corrected chi connectivity index (χ0v) is 12.1. The lowest BCUT2D eigenvalue weighted by molar-refractivity contribution is -0.138. The summed E-state index contributed by atoms with van der Waals surface area (Å²) < 4.78 is 0. The Labute approximate surface area is 111 Å². The third-order valence-electron chi connectivity index (χ3n) is 4.56. The van der Waals surface area contributed by atoms with Gasteiger partial charge in [0.05, 0.1) is 5.92 Å². The molecule has 4 nitrogen and oxygen atoms in total. The first-order chi connectivity index (χ1) is 8.58. The van der Waals surface area contributed by atoms with E-state index in [4.69, 9.17) is 0 Å². The van der Waals surface area contributed by atoms with Gasteiger partial charge in [0, 0.05) is 19.6 Å². The Balaban J connectivity index is 1.87. The van der Waals surface area contributed by atoms with Gasteiger partial charge in [-0.1, -0.05) is 0 Å². The average molecular weight is 253 g/mol. The van der Waals surface area contributed by atoms with Crippen LogP contribution < -0.4 is 0 Å². The van der Waals surface area contributed by atoms with E-state index in [1.165, 1.54) is 0 Å². The van der Waals surface area contributed by atoms with Crippen LogP contribution in [0.5, 0.6) is 0 Å². The van der Waals surface area contributed by atoms with E-state index in [1.807, 2.05) is 11.9 Å². The van der Waals surface area contributed by atoms with E-state index in [1.54, 1.807) is 0 Å². The van der Waals surface area contributed by atoms with Gasteiger partial charge in [0.15, 0.2) is 0 Å². The molecule has 4 heteroatoms. The monoisotopic (exact) mass is 253 g/mol. The molecule has 0 saturated carbocycles. The molecule has 0 N–H and O–H groups in total. The highest BCUT2D eigenvalue weighted by Gasteiger charge is 2.30. The standard InChI is InChI=1S/C14H27N3O/c1-15-9-6-13(7-10-15)17(3)14(18)12-5-4-8-16(2)11-12/h12-13H,4-11H2,1-3H3/t12-/m1/s1. The maximum Gasteiger partial charge on any atom is 0.226 e. The Hall–Kier alpha value is -0.610. The van der Waals surface area contributed by atoms with Crippen LogP contribution in [-0.2, 0) is 4.79 Å². The Bertz CT molecular complexity index is 287. The van der Waals surface area contributed by atoms with Gasteiger partial charge in [-0.05, 0) is 59.4 Å². The molecule has 0 aromatic carbocycles. The van der Waals surface area contributed by atoms with E-state index >= 15 is 0 Å². The molecule has 2 fully saturated rings. The Morgan fingerprint density at radius 1 is 1.06 bits per heavy atom. The van der Waals surface area contributed by atoms with Crippen LogP contribution in [0.2, 0.25) is 0 Å². The number of rotatable bonds is 2. The van der Waals surface area contributed by atoms with Crippen LogP contribution in [0.1, 0.15) is 25.7 Å². The molecule has 104 valence electrons. The lowest BCUT2D eigenvalue weighted by Crippen LogP contribution is -2.49. The first-order valence-electron chi connectivity index (χ1n) is 7.21. The molecular weight excluding hydrogens is 226 g/mol. The predicted octanol–water partition coefficient (Wildman–Crippen LogP) is 0.881. The molecule has 18 heavy (non-hydrogen) atoms. The van der Waals surface area contributed by atoms with Crippen molar-refractivity contribution in [3.63, 3.8) is 0 Å². The summed E-state index contributed by atoms with van der Waals surface area (Å²) in [5.74, 6) is 0.601. The Morgan fingerprint density at radius 3 is 2.33 bits per heavy atom. The number of hydrogen-bond donors (Lipinski definition) is 0. The molecule has 0 aromatic heterocycles. The molecule has 2 aliphatic heterocycles. The number of carbonyl (C=O) groups is 1. The van der Waals surface area contributed by atoms with Crippen molar-refractivity contribution in [1.82, 2.24) is 14.7 Å². The van der Waals surface area contributed by atoms with E-state index in [2.05, 4.69) is 23.9 Å². The second kappa shape index (κ2) is 6.02. The molecule has 0 unspecified atom stereocenters. The summed E-state index contributed by atoms with van der Waals surface area (Å²) in [6.45, 7) is 4.32. The Kier molecular flexibility index (Phi) is 4.62. The summed E-state index contributed by atoms with van der Waals surface area (Å²) in [4.78, 5) is 19.2. The first kappa shape index (κ1) is 13.8. The van der Waals surface area contributed by atoms with E-state index in [0.29, 0.717) is 11.9 Å². The van der Waals surface area contributed by atoms with Crippen LogP contribution >= 0.6 is 0 Å². The van der Waals surface area contributed by atoms with E-state index < -0.39 is 0 Å². The van der Waals surface area contributed by atoms with Crippen molar-refractivity contribution in [3.8, 4) is 0 Å². The number of amides is 1. The van der Waals surface area contributed by atoms with Gasteiger partial charge < -0.3 is 14.7 Å². The van der Waals surface area contributed by atoms with Crippen molar-refractivity contribution in [2.24, 2.45) is 5.92 Å². The summed E-state index contributed by atoms with van der Waals surface area (Å²) in [5.41, 5.74) is 0. The minimum absolute atomic E-state index is 0.230. The smallest absolute Gasteiger partial charge is 0.226 e. The second-order valence-corrected chi connectivity index (χ2v) is 6.08. The lowest BCUT2D eigenvalue weighted by atomic mass is 9.95. The third-order valence-corrected chi connectivity index (χ3v) is 4.56. The highest BCUT2D eigenvalue weighted by Crippen LogP contribution is 2.21. The topological polar surface area (TPSA) is 26.8 Å². The van der Waals surface area contributed by atoms with Gasteiger partial charge in [0.1, 0.15) is 0 Å². The SMILES string of the molecule is CN1CCC(N(C)C(=O)[C@@H]2CCCN(C)C2)CC1. The van der Waals surface area contributed by atoms with E-state index in [9.17, 15) is 4.79 Å². The summed E-state index contributed by atoms with van der Waals surface area (Å²) in [6, 6.07) is 0.459. The average Bonchev–Trinajstić information content (AvgIpc) is 2.38. The first-order valence-corrected chi connectivity index (χ1v) is 7.21. The van der Waals surface area contributed by atoms with Crippen molar-refractivity contribution in [2.75, 3.05) is 47.3 Å². The molecule has 2 heterocycles. The maximum absolute atomic E-state index is 12.5. The zero-order chi connectivity index (χ0) is 13.1. The molecule has 0 aliphatic carbocycles. The summed E-state index contributed by atoms with van der Waals surface area (Å²) in [6.07, 6.45) is 4.48. The van der Waals surface area contributed by atoms with Crippen LogP contribution in [0.4, 0.5) is 0 Å². The number of piperidine rings is 2. The van der Waals surface area contributed by atoms with Crippen LogP contribution in [0, 0.1) is 5.92 Å². The van der Waals surface area contributed by atoms with Crippen molar-refractivity contribution >= 4 is 5.91 Å². The van der Waals surface area contributed by atoms with Gasteiger partial charge in [0.2, 0.25) is 5.91 Å². The largest absolute Gasteiger partial charge is 0.342 e. The van der Waals surface area contributed by atoms with Gasteiger partial charge in [-0.2, -0.15) is 0 Å². The Morgan fingerprint density at radius 2 is 1.72 bits per heavy atom. The fourth-order valence-corrected chi connectivity index (χ4v) is 3.22. The van der Waals surface area contributed by atoms with Crippen molar-refractivity contribution < 1.29 is 4.79 Å². The molecule has 1 amide bonds. The second-order valence-electron chi connectivity index (χ2n) is 6.08. The molecule has 0 spiro atoms. The molecular formula is C14H27N3O. The van der Waals surface area contributed by atoms with Crippen LogP contribution in [0.25, 0.3) is 0 Å². The summed E-state index contributed by atoms with van der Waals surface area (Å²) >= 11 is 0. The minimum atomic E-state index is 0.230. The van der Waals surface area contributed by atoms with E-state index in [0.717, 1.165) is 51.9 Å². The normalized spacial score (nSPS) is 28.3. The van der Waals surface area contributed by atoms with Gasteiger partial charge >= 0.3 is 0 Å². The van der Waals surface area contributed by atoms with E-state index in [-0.39, 0.29) is 5.92 Å². The van der Waals surface area contributed by atoms with Crippen molar-refractivity contribution in [2.45, 2.75) is 31.7 Å². The van der Waals surface area contributed by atoms with Gasteiger partial charge in [-0.3, -0.25) is 4.79 Å². The molecule has 1 atom stereocenters. The molecule has 0 radical (unpaired) electrons. The third kappa shape index (κ3) is 3.23. The molecule has 2 saturated heterocycles. The zero-order valence-electron chi connectivity index (χ0n) is 12.1. The fourth-order valence-electron chi connectivity index (χ4n) is 3.22. The fraction of sp³-hybridized carbons (Fsp3) is 0.929. The number of carbonyl (C=O) groups excluding carboxylic acids is 1. The summed E-state index contributed by atoms with van der Waals surface area (Å²) in [5, 5.41) is 0. The molecule has 2 rings (SSSR count).